The molecule has 6 atom stereocenters. The van der Waals surface area contributed by atoms with Gasteiger partial charge in [-0.2, -0.15) is 5.01 Å². The lowest BCUT2D eigenvalue weighted by Crippen LogP contribution is -2.53. The van der Waals surface area contributed by atoms with Crippen LogP contribution in [0, 0.1) is 30.6 Å². The van der Waals surface area contributed by atoms with Crippen molar-refractivity contribution >= 4 is 35.3 Å². The summed E-state index contributed by atoms with van der Waals surface area (Å²) in [6.07, 6.45) is 2.29. The van der Waals surface area contributed by atoms with Gasteiger partial charge in [0.2, 0.25) is 11.8 Å². The van der Waals surface area contributed by atoms with E-state index in [9.17, 15) is 24.3 Å². The number of allylic oxidation sites excluding steroid dienone is 2. The number of hydrogen-bond donors (Lipinski definition) is 3. The van der Waals surface area contributed by atoms with Crippen molar-refractivity contribution < 1.29 is 38.9 Å². The van der Waals surface area contributed by atoms with E-state index in [4.69, 9.17) is 9.84 Å². The molecule has 49 heavy (non-hydrogen) atoms. The van der Waals surface area contributed by atoms with E-state index >= 15 is 4.79 Å². The number of aliphatic carboxylic acids is 1. The molecule has 4 aliphatic rings. The van der Waals surface area contributed by atoms with Gasteiger partial charge in [0, 0.05) is 18.9 Å². The number of fused-ring (bicyclic) bond motifs is 4. The van der Waals surface area contributed by atoms with Crippen LogP contribution in [0.15, 0.2) is 84.4 Å². The third-order valence-corrected chi connectivity index (χ3v) is 10.8. The molecule has 11 heteroatoms. The van der Waals surface area contributed by atoms with Gasteiger partial charge in [-0.15, -0.1) is 0 Å². The van der Waals surface area contributed by atoms with Gasteiger partial charge in [-0.25, -0.2) is 0 Å². The number of imide groups is 2. The van der Waals surface area contributed by atoms with E-state index in [2.05, 4.69) is 5.43 Å². The van der Waals surface area contributed by atoms with Crippen LogP contribution in [-0.4, -0.2) is 63.4 Å². The van der Waals surface area contributed by atoms with Crippen LogP contribution in [0.4, 0.5) is 5.69 Å². The van der Waals surface area contributed by atoms with Crippen LogP contribution in [0.25, 0.3) is 0 Å². The van der Waals surface area contributed by atoms with Gasteiger partial charge in [0.15, 0.2) is 11.5 Å². The molecule has 0 spiro atoms. The van der Waals surface area contributed by atoms with Crippen molar-refractivity contribution in [3.63, 3.8) is 0 Å². The highest BCUT2D eigenvalue weighted by Crippen LogP contribution is 2.64. The second kappa shape index (κ2) is 12.2. The number of nitrogens with one attached hydrogen (secondary N) is 1. The number of aryl methyl sites for hydroxylation is 1. The Hall–Kier alpha value is -5.45. The monoisotopic (exact) mass is 663 g/mol. The smallest absolute Gasteiger partial charge is 0.303 e. The minimum atomic E-state index is -1.46. The van der Waals surface area contributed by atoms with Crippen LogP contribution in [0.1, 0.15) is 48.3 Å². The minimum Gasteiger partial charge on any atom is -0.504 e. The third-order valence-electron chi connectivity index (χ3n) is 10.8. The molecule has 3 aromatic rings. The van der Waals surface area contributed by atoms with Gasteiger partial charge in [-0.3, -0.25) is 34.3 Å². The van der Waals surface area contributed by atoms with E-state index in [-0.39, 0.29) is 55.5 Å². The lowest BCUT2D eigenvalue weighted by atomic mass is 9.49. The summed E-state index contributed by atoms with van der Waals surface area (Å²) in [5.74, 6) is -6.26. The SMILES string of the molecule is COc1ccc([C@H]2C3=CC[C@@H]4C(=O)N(CCCC(=O)O)C(=O)[C@@H]4[C@@H]3C[C@H]3C(=O)N(Nc4ccc(C)cc4)C(=O)[C@@]23c2ccccc2)cc1O. The highest BCUT2D eigenvalue weighted by molar-refractivity contribution is 6.13. The summed E-state index contributed by atoms with van der Waals surface area (Å²) in [7, 11) is 1.44. The van der Waals surface area contributed by atoms with Gasteiger partial charge in [0.25, 0.3) is 11.8 Å². The van der Waals surface area contributed by atoms with Gasteiger partial charge in [0.05, 0.1) is 36.0 Å². The zero-order valence-corrected chi connectivity index (χ0v) is 27.2. The standard InChI is InChI=1S/C38H37N3O8/c1-21-10-13-24(14-11-21)39-41-35(46)28-20-27-25(15-16-26-32(27)36(47)40(34(26)45)18-6-9-31(43)44)33(22-12-17-30(49-2)29(42)19-22)38(28,37(41)48)23-7-4-3-5-8-23/h3-5,7-8,10-15,17,19,26-28,32-33,39,42H,6,9,16,18,20H2,1-2H3,(H,43,44)/t26-,27+,28-,32-,33-,38+/m0/s1. The molecule has 0 aromatic heterocycles. The fraction of sp³-hybridized carbons (Fsp3) is 0.342. The van der Waals surface area contributed by atoms with Gasteiger partial charge < -0.3 is 14.9 Å². The molecule has 3 N–H and O–H groups in total. The Bertz CT molecular complexity index is 1890. The van der Waals surface area contributed by atoms with Crippen LogP contribution in [0.2, 0.25) is 0 Å². The van der Waals surface area contributed by atoms with Gasteiger partial charge >= 0.3 is 5.97 Å². The third kappa shape index (κ3) is 4.98. The Labute approximate surface area is 283 Å². The molecular formula is C38H37N3O8. The van der Waals surface area contributed by atoms with Crippen molar-refractivity contribution in [2.45, 2.75) is 43.9 Å². The lowest BCUT2D eigenvalue weighted by Gasteiger charge is -2.50. The first kappa shape index (κ1) is 32.1. The summed E-state index contributed by atoms with van der Waals surface area (Å²) >= 11 is 0. The summed E-state index contributed by atoms with van der Waals surface area (Å²) in [4.78, 5) is 69.9. The molecule has 2 aliphatic carbocycles. The van der Waals surface area contributed by atoms with Crippen molar-refractivity contribution in [1.82, 2.24) is 9.91 Å². The number of phenols is 1. The topological polar surface area (TPSA) is 154 Å². The van der Waals surface area contributed by atoms with Crippen molar-refractivity contribution in [2.24, 2.45) is 23.7 Å². The second-order valence-corrected chi connectivity index (χ2v) is 13.3. The number of likely N-dealkylation sites (tertiary alicyclic amines) is 1. The largest absolute Gasteiger partial charge is 0.504 e. The number of benzene rings is 3. The van der Waals surface area contributed by atoms with Crippen molar-refractivity contribution in [3.05, 3.63) is 101 Å². The number of hydrogen-bond acceptors (Lipinski definition) is 8. The fourth-order valence-electron chi connectivity index (χ4n) is 8.68. The van der Waals surface area contributed by atoms with Crippen molar-refractivity contribution in [1.29, 1.82) is 0 Å². The summed E-state index contributed by atoms with van der Waals surface area (Å²) < 4.78 is 5.33. The number of amides is 4. The molecule has 3 fully saturated rings. The Morgan fingerprint density at radius 1 is 0.959 bits per heavy atom. The quantitative estimate of drug-likeness (QED) is 0.221. The summed E-state index contributed by atoms with van der Waals surface area (Å²) in [5.41, 5.74) is 5.13. The van der Waals surface area contributed by atoms with Crippen LogP contribution < -0.4 is 10.2 Å². The fourth-order valence-corrected chi connectivity index (χ4v) is 8.68. The molecule has 4 amide bonds. The molecule has 2 saturated heterocycles. The van der Waals surface area contributed by atoms with E-state index in [1.54, 1.807) is 30.3 Å². The maximum atomic E-state index is 15.1. The average molecular weight is 664 g/mol. The molecule has 1 saturated carbocycles. The van der Waals surface area contributed by atoms with Crippen LogP contribution >= 0.6 is 0 Å². The van der Waals surface area contributed by atoms with E-state index in [0.29, 0.717) is 16.8 Å². The zero-order valence-electron chi connectivity index (χ0n) is 27.2. The van der Waals surface area contributed by atoms with Crippen LogP contribution in [-0.2, 0) is 29.4 Å². The number of hydrazine groups is 1. The molecule has 3 aromatic carbocycles. The summed E-state index contributed by atoms with van der Waals surface area (Å²) in [5, 5.41) is 21.3. The number of carbonyl (C=O) groups excluding carboxylic acids is 4. The molecule has 7 rings (SSSR count). The number of carboxylic acid groups (broad SMARTS) is 1. The molecule has 0 radical (unpaired) electrons. The first-order valence-electron chi connectivity index (χ1n) is 16.5. The van der Waals surface area contributed by atoms with Crippen molar-refractivity contribution in [2.75, 3.05) is 19.1 Å². The van der Waals surface area contributed by atoms with E-state index in [1.165, 1.54) is 12.0 Å². The number of carbonyl (C=O) groups is 5. The number of aromatic hydroxyl groups is 1. The van der Waals surface area contributed by atoms with E-state index < -0.39 is 52.8 Å². The molecule has 252 valence electrons. The maximum absolute atomic E-state index is 15.1. The number of anilines is 1. The Morgan fingerprint density at radius 2 is 1.69 bits per heavy atom. The Balaban J connectivity index is 1.40. The van der Waals surface area contributed by atoms with E-state index in [1.807, 2.05) is 55.5 Å². The highest BCUT2D eigenvalue weighted by Gasteiger charge is 2.70. The minimum absolute atomic E-state index is 0.00214. The van der Waals surface area contributed by atoms with Crippen molar-refractivity contribution in [3.8, 4) is 11.5 Å². The highest BCUT2D eigenvalue weighted by atomic mass is 16.5. The average Bonchev–Trinajstić information content (AvgIpc) is 3.46. The number of carboxylic acids is 1. The van der Waals surface area contributed by atoms with Gasteiger partial charge in [-0.05, 0) is 67.5 Å². The lowest BCUT2D eigenvalue weighted by molar-refractivity contribution is -0.142. The number of phenolic OH excluding ortho intramolecular Hbond substituents is 1. The molecule has 0 bridgehead atoms. The first-order valence-corrected chi connectivity index (χ1v) is 16.5. The van der Waals surface area contributed by atoms with E-state index in [0.717, 1.165) is 16.1 Å². The Kier molecular flexibility index (Phi) is 8.01. The number of rotatable bonds is 9. The molecule has 11 nitrogen and oxygen atoms in total. The molecule has 2 aliphatic heterocycles. The van der Waals surface area contributed by atoms with Gasteiger partial charge in [-0.1, -0.05) is 65.7 Å². The predicted molar refractivity (Wildman–Crippen MR) is 177 cm³/mol. The van der Waals surface area contributed by atoms with Crippen LogP contribution in [0.5, 0.6) is 11.5 Å². The summed E-state index contributed by atoms with van der Waals surface area (Å²) in [6.45, 7) is 1.94. The number of methoxy groups -OCH3 is 1. The predicted octanol–water partition coefficient (Wildman–Crippen LogP) is 4.56. The first-order chi connectivity index (χ1) is 23.6. The van der Waals surface area contributed by atoms with Gasteiger partial charge in [0.1, 0.15) is 0 Å². The maximum Gasteiger partial charge on any atom is 0.303 e. The molecular weight excluding hydrogens is 626 g/mol. The number of nitrogens with zero attached hydrogens (tertiary/aromatic N) is 2. The summed E-state index contributed by atoms with van der Waals surface area (Å²) in [6, 6.07) is 21.4. The molecule has 2 heterocycles. The second-order valence-electron chi connectivity index (χ2n) is 13.3. The van der Waals surface area contributed by atoms with Crippen LogP contribution in [0.3, 0.4) is 0 Å². The Morgan fingerprint density at radius 3 is 2.37 bits per heavy atom. The normalized spacial score (nSPS) is 27.4. The zero-order chi connectivity index (χ0) is 34.6. The number of ether oxygens (including phenoxy) is 1. The molecule has 0 unspecified atom stereocenters.